The van der Waals surface area contributed by atoms with E-state index in [-0.39, 0.29) is 17.5 Å². The number of ether oxygens (including phenoxy) is 1. The molecule has 0 aliphatic rings. The Morgan fingerprint density at radius 1 is 1.25 bits per heavy atom. The van der Waals surface area contributed by atoms with Gasteiger partial charge in [0.25, 0.3) is 0 Å². The maximum absolute atomic E-state index is 13.7. The molecule has 0 fully saturated rings. The van der Waals surface area contributed by atoms with E-state index in [1.54, 1.807) is 12.1 Å². The molecule has 1 aromatic heterocycles. The number of nitrogens with two attached hydrogens (primary N) is 1. The Hall–Kier alpha value is -2.21. The fourth-order valence-electron chi connectivity index (χ4n) is 1.63. The zero-order valence-electron chi connectivity index (χ0n) is 11.6. The molecule has 0 amide bonds. The van der Waals surface area contributed by atoms with Crippen molar-refractivity contribution in [1.82, 2.24) is 9.97 Å². The fraction of sp³-hybridized carbons (Fsp3) is 0.286. The number of halogens is 1. The smallest absolute Gasteiger partial charge is 0.224 e. The monoisotopic (exact) mass is 276 g/mol. The van der Waals surface area contributed by atoms with Crippen molar-refractivity contribution in [2.45, 2.75) is 26.7 Å². The van der Waals surface area contributed by atoms with Gasteiger partial charge in [-0.1, -0.05) is 19.9 Å². The van der Waals surface area contributed by atoms with Crippen molar-refractivity contribution in [1.29, 1.82) is 0 Å². The van der Waals surface area contributed by atoms with E-state index in [9.17, 15) is 4.39 Å². The molecule has 6 heteroatoms. The summed E-state index contributed by atoms with van der Waals surface area (Å²) in [6.45, 7) is 5.76. The van der Waals surface area contributed by atoms with Gasteiger partial charge in [0.05, 0.1) is 0 Å². The highest BCUT2D eigenvalue weighted by Crippen LogP contribution is 2.26. The van der Waals surface area contributed by atoms with Crippen molar-refractivity contribution in [3.63, 3.8) is 0 Å². The molecule has 0 spiro atoms. The zero-order valence-corrected chi connectivity index (χ0v) is 11.6. The number of hydrazine groups is 1. The van der Waals surface area contributed by atoms with Gasteiger partial charge >= 0.3 is 0 Å². The minimum atomic E-state index is -0.442. The number of aromatic nitrogens is 2. The molecule has 5 nitrogen and oxygen atoms in total. The van der Waals surface area contributed by atoms with Crippen LogP contribution in [0.3, 0.4) is 0 Å². The normalized spacial score (nSPS) is 10.7. The van der Waals surface area contributed by atoms with Gasteiger partial charge in [0.15, 0.2) is 11.6 Å². The third-order valence-corrected chi connectivity index (χ3v) is 2.69. The van der Waals surface area contributed by atoms with E-state index < -0.39 is 5.82 Å². The molecule has 1 aromatic carbocycles. The number of nitrogens with one attached hydrogen (secondary N) is 1. The molecule has 0 aliphatic carbocycles. The first-order chi connectivity index (χ1) is 9.49. The molecule has 106 valence electrons. The molecule has 0 bridgehead atoms. The van der Waals surface area contributed by atoms with Gasteiger partial charge in [-0.3, -0.25) is 0 Å². The van der Waals surface area contributed by atoms with Crippen molar-refractivity contribution in [3.8, 4) is 11.6 Å². The molecular weight excluding hydrogens is 259 g/mol. The Kier molecular flexibility index (Phi) is 4.14. The molecule has 1 heterocycles. The molecule has 2 aromatic rings. The summed E-state index contributed by atoms with van der Waals surface area (Å²) in [5.41, 5.74) is 3.35. The number of anilines is 1. The van der Waals surface area contributed by atoms with Gasteiger partial charge in [-0.25, -0.2) is 15.2 Å². The Morgan fingerprint density at radius 2 is 2.00 bits per heavy atom. The summed E-state index contributed by atoms with van der Waals surface area (Å²) in [4.78, 5) is 8.46. The second-order valence-corrected chi connectivity index (χ2v) is 4.78. The molecule has 20 heavy (non-hydrogen) atoms. The molecule has 2 rings (SSSR count). The maximum atomic E-state index is 13.7. The Bertz CT molecular complexity index is 616. The predicted molar refractivity (Wildman–Crippen MR) is 75.1 cm³/mol. The Morgan fingerprint density at radius 3 is 2.65 bits per heavy atom. The summed E-state index contributed by atoms with van der Waals surface area (Å²) >= 11 is 0. The number of hydrogen-bond donors (Lipinski definition) is 2. The minimum Gasteiger partial charge on any atom is -0.436 e. The van der Waals surface area contributed by atoms with Crippen molar-refractivity contribution >= 4 is 5.82 Å². The molecule has 3 N–H and O–H groups in total. The first kappa shape index (κ1) is 14.2. The number of hydrogen-bond acceptors (Lipinski definition) is 5. The summed E-state index contributed by atoms with van der Waals surface area (Å²) in [5.74, 6) is 6.40. The van der Waals surface area contributed by atoms with E-state index in [4.69, 9.17) is 10.6 Å². The summed E-state index contributed by atoms with van der Waals surface area (Å²) in [5, 5.41) is 0. The van der Waals surface area contributed by atoms with Crippen LogP contribution in [0.25, 0.3) is 0 Å². The molecule has 0 aliphatic heterocycles. The van der Waals surface area contributed by atoms with Gasteiger partial charge in [0.2, 0.25) is 5.88 Å². The topological polar surface area (TPSA) is 73.1 Å². The first-order valence-corrected chi connectivity index (χ1v) is 6.29. The lowest BCUT2D eigenvalue weighted by Crippen LogP contribution is -2.11. The van der Waals surface area contributed by atoms with E-state index in [0.29, 0.717) is 11.6 Å². The standard InChI is InChI=1S/C14H17FN4O/c1-8(2)14-17-12(19-16)7-13(18-14)20-11-6-9(3)4-5-10(11)15/h4-8H,16H2,1-3H3,(H,17,18,19). The lowest BCUT2D eigenvalue weighted by Gasteiger charge is -2.11. The Balaban J connectivity index is 2.37. The average Bonchev–Trinajstić information content (AvgIpc) is 2.42. The van der Waals surface area contributed by atoms with Crippen LogP contribution in [0.5, 0.6) is 11.6 Å². The van der Waals surface area contributed by atoms with E-state index in [1.165, 1.54) is 12.1 Å². The number of rotatable bonds is 4. The van der Waals surface area contributed by atoms with E-state index >= 15 is 0 Å². The molecule has 0 unspecified atom stereocenters. The number of nitrogen functional groups attached to an aromatic ring is 1. The Labute approximate surface area is 117 Å². The fourth-order valence-corrected chi connectivity index (χ4v) is 1.63. The highest BCUT2D eigenvalue weighted by atomic mass is 19.1. The van der Waals surface area contributed by atoms with Crippen LogP contribution < -0.4 is 16.0 Å². The summed E-state index contributed by atoms with van der Waals surface area (Å²) in [6, 6.07) is 6.17. The molecule has 0 saturated carbocycles. The maximum Gasteiger partial charge on any atom is 0.224 e. The van der Waals surface area contributed by atoms with E-state index in [1.807, 2.05) is 20.8 Å². The van der Waals surface area contributed by atoms with Crippen LogP contribution in [0.15, 0.2) is 24.3 Å². The highest BCUT2D eigenvalue weighted by Gasteiger charge is 2.11. The van der Waals surface area contributed by atoms with Crippen LogP contribution in [0.1, 0.15) is 31.2 Å². The summed E-state index contributed by atoms with van der Waals surface area (Å²) < 4.78 is 19.2. The van der Waals surface area contributed by atoms with Crippen molar-refractivity contribution in [3.05, 3.63) is 41.5 Å². The third-order valence-electron chi connectivity index (χ3n) is 2.69. The SMILES string of the molecule is Cc1ccc(F)c(Oc2cc(NN)nc(C(C)C)n2)c1. The van der Waals surface area contributed by atoms with Gasteiger partial charge in [0, 0.05) is 12.0 Å². The predicted octanol–water partition coefficient (Wildman–Crippen LogP) is 3.13. The quantitative estimate of drug-likeness (QED) is 0.663. The lowest BCUT2D eigenvalue weighted by molar-refractivity contribution is 0.423. The minimum absolute atomic E-state index is 0.105. The number of benzene rings is 1. The first-order valence-electron chi connectivity index (χ1n) is 6.29. The van der Waals surface area contributed by atoms with Gasteiger partial charge in [-0.15, -0.1) is 0 Å². The van der Waals surface area contributed by atoms with Crippen LogP contribution in [-0.2, 0) is 0 Å². The summed E-state index contributed by atoms with van der Waals surface area (Å²) in [6.07, 6.45) is 0. The number of nitrogens with zero attached hydrogens (tertiary/aromatic N) is 2. The van der Waals surface area contributed by atoms with Crippen LogP contribution in [-0.4, -0.2) is 9.97 Å². The lowest BCUT2D eigenvalue weighted by atomic mass is 10.2. The molecule has 0 saturated heterocycles. The second kappa shape index (κ2) is 5.83. The van der Waals surface area contributed by atoms with E-state index in [0.717, 1.165) is 5.56 Å². The van der Waals surface area contributed by atoms with Crippen molar-refractivity contribution in [2.75, 3.05) is 5.43 Å². The van der Waals surface area contributed by atoms with Gasteiger partial charge in [0.1, 0.15) is 11.6 Å². The van der Waals surface area contributed by atoms with Gasteiger partial charge in [-0.05, 0) is 24.6 Å². The zero-order chi connectivity index (χ0) is 14.7. The van der Waals surface area contributed by atoms with E-state index in [2.05, 4.69) is 15.4 Å². The largest absolute Gasteiger partial charge is 0.436 e. The number of aryl methyl sites for hydroxylation is 1. The van der Waals surface area contributed by atoms with Crippen LogP contribution in [0.2, 0.25) is 0 Å². The highest BCUT2D eigenvalue weighted by molar-refractivity contribution is 5.40. The van der Waals surface area contributed by atoms with Gasteiger partial charge < -0.3 is 10.2 Å². The van der Waals surface area contributed by atoms with Crippen molar-refractivity contribution in [2.24, 2.45) is 5.84 Å². The van der Waals surface area contributed by atoms with Crippen LogP contribution in [0.4, 0.5) is 10.2 Å². The van der Waals surface area contributed by atoms with Crippen molar-refractivity contribution < 1.29 is 9.13 Å². The van der Waals surface area contributed by atoms with Crippen LogP contribution >= 0.6 is 0 Å². The van der Waals surface area contributed by atoms with Crippen LogP contribution in [0, 0.1) is 12.7 Å². The van der Waals surface area contributed by atoms with Gasteiger partial charge in [-0.2, -0.15) is 4.98 Å². The third kappa shape index (κ3) is 3.21. The molecule has 0 radical (unpaired) electrons. The molecule has 0 atom stereocenters. The summed E-state index contributed by atoms with van der Waals surface area (Å²) in [7, 11) is 0. The molecular formula is C14H17FN4O. The average molecular weight is 276 g/mol. The second-order valence-electron chi connectivity index (χ2n) is 4.78.